The maximum atomic E-state index is 9.55. The predicted molar refractivity (Wildman–Crippen MR) is 84.2 cm³/mol. The van der Waals surface area contributed by atoms with Gasteiger partial charge in [-0.1, -0.05) is 29.8 Å². The van der Waals surface area contributed by atoms with Gasteiger partial charge in [-0.05, 0) is 48.7 Å². The molecule has 0 heterocycles. The molecular weight excluding hydrogens is 288 g/mol. The Morgan fingerprint density at radius 3 is 2.33 bits per heavy atom. The van der Waals surface area contributed by atoms with Crippen molar-refractivity contribution in [1.82, 2.24) is 0 Å². The fourth-order valence-corrected chi connectivity index (χ4v) is 2.32. The molecule has 1 unspecified atom stereocenters. The van der Waals surface area contributed by atoms with Gasteiger partial charge in [0.1, 0.15) is 11.5 Å². The van der Waals surface area contributed by atoms with Gasteiger partial charge in [-0.3, -0.25) is 0 Å². The molecule has 21 heavy (non-hydrogen) atoms. The highest BCUT2D eigenvalue weighted by Crippen LogP contribution is 2.29. The molecule has 0 spiro atoms. The van der Waals surface area contributed by atoms with Crippen LogP contribution in [0.3, 0.4) is 0 Å². The molecule has 1 N–H and O–H groups in total. The van der Waals surface area contributed by atoms with Gasteiger partial charge in [-0.2, -0.15) is 0 Å². The zero-order chi connectivity index (χ0) is 15.2. The lowest BCUT2D eigenvalue weighted by molar-refractivity contribution is 0.199. The molecule has 0 saturated carbocycles. The summed E-state index contributed by atoms with van der Waals surface area (Å²) in [5.74, 6) is 1.39. The van der Waals surface area contributed by atoms with Crippen LogP contribution in [-0.2, 0) is 11.2 Å². The van der Waals surface area contributed by atoms with Gasteiger partial charge in [0.25, 0.3) is 0 Å². The zero-order valence-electron chi connectivity index (χ0n) is 12.2. The summed E-state index contributed by atoms with van der Waals surface area (Å²) in [6, 6.07) is 13.1. The average molecular weight is 307 g/mol. The molecule has 0 aliphatic rings. The molecule has 3 nitrogen and oxygen atoms in total. The Kier molecular flexibility index (Phi) is 5.62. The van der Waals surface area contributed by atoms with Crippen molar-refractivity contribution in [3.63, 3.8) is 0 Å². The summed E-state index contributed by atoms with van der Waals surface area (Å²) in [7, 11) is 1.69. The van der Waals surface area contributed by atoms with Crippen LogP contribution in [0.25, 0.3) is 0 Å². The van der Waals surface area contributed by atoms with Gasteiger partial charge < -0.3 is 14.6 Å². The number of aliphatic hydroxyl groups excluding tert-OH is 1. The highest BCUT2D eigenvalue weighted by molar-refractivity contribution is 6.31. The monoisotopic (exact) mass is 306 g/mol. The summed E-state index contributed by atoms with van der Waals surface area (Å²) < 4.78 is 10.8. The van der Waals surface area contributed by atoms with Crippen LogP contribution in [-0.4, -0.2) is 18.8 Å². The second-order valence-corrected chi connectivity index (χ2v) is 5.26. The number of hydrogen-bond acceptors (Lipinski definition) is 3. The van der Waals surface area contributed by atoms with E-state index in [1.165, 1.54) is 5.56 Å². The number of benzene rings is 2. The molecular formula is C17H19ClO3. The van der Waals surface area contributed by atoms with E-state index in [9.17, 15) is 5.11 Å². The number of rotatable bonds is 6. The molecule has 0 aliphatic carbocycles. The summed E-state index contributed by atoms with van der Waals surface area (Å²) in [6.45, 7) is 2.39. The number of hydrogen-bond donors (Lipinski definition) is 1. The maximum absolute atomic E-state index is 9.55. The molecule has 4 heteroatoms. The quantitative estimate of drug-likeness (QED) is 0.861. The van der Waals surface area contributed by atoms with Gasteiger partial charge in [0.2, 0.25) is 0 Å². The molecule has 0 amide bonds. The molecule has 112 valence electrons. The Morgan fingerprint density at radius 1 is 1.10 bits per heavy atom. The van der Waals surface area contributed by atoms with Crippen molar-refractivity contribution in [3.05, 3.63) is 58.6 Å². The van der Waals surface area contributed by atoms with Gasteiger partial charge >= 0.3 is 0 Å². The first-order valence-corrected chi connectivity index (χ1v) is 7.21. The third-order valence-corrected chi connectivity index (χ3v) is 3.50. The van der Waals surface area contributed by atoms with Crippen LogP contribution >= 0.6 is 11.6 Å². The first kappa shape index (κ1) is 15.8. The van der Waals surface area contributed by atoms with Crippen LogP contribution in [0.4, 0.5) is 0 Å². The molecule has 2 rings (SSSR count). The molecule has 0 aromatic heterocycles. The molecule has 2 aromatic carbocycles. The van der Waals surface area contributed by atoms with Crippen molar-refractivity contribution in [2.75, 3.05) is 13.7 Å². The van der Waals surface area contributed by atoms with Crippen molar-refractivity contribution >= 4 is 11.6 Å². The number of halogens is 1. The minimum Gasteiger partial charge on any atom is -0.457 e. The Hall–Kier alpha value is -1.55. The third-order valence-electron chi connectivity index (χ3n) is 3.18. The Bertz CT molecular complexity index is 579. The van der Waals surface area contributed by atoms with Crippen molar-refractivity contribution in [2.45, 2.75) is 19.4 Å². The summed E-state index contributed by atoms with van der Waals surface area (Å²) in [4.78, 5) is 0. The number of aliphatic hydroxyl groups is 1. The largest absolute Gasteiger partial charge is 0.457 e. The van der Waals surface area contributed by atoms with E-state index >= 15 is 0 Å². The highest BCUT2D eigenvalue weighted by atomic mass is 35.5. The van der Waals surface area contributed by atoms with Crippen molar-refractivity contribution < 1.29 is 14.6 Å². The van der Waals surface area contributed by atoms with Gasteiger partial charge in [0.05, 0.1) is 17.7 Å². The first-order chi connectivity index (χ1) is 10.1. The summed E-state index contributed by atoms with van der Waals surface area (Å²) >= 11 is 6.12. The number of ether oxygens (including phenoxy) is 2. The van der Waals surface area contributed by atoms with Crippen LogP contribution in [0.2, 0.25) is 5.02 Å². The minimum absolute atomic E-state index is 0.499. The average Bonchev–Trinajstić information content (AvgIpc) is 2.46. The van der Waals surface area contributed by atoms with Crippen LogP contribution in [0, 0.1) is 0 Å². The molecule has 0 aliphatic heterocycles. The molecule has 1 atom stereocenters. The minimum atomic E-state index is -0.591. The zero-order valence-corrected chi connectivity index (χ0v) is 12.9. The van der Waals surface area contributed by atoms with E-state index in [0.29, 0.717) is 22.9 Å². The summed E-state index contributed by atoms with van der Waals surface area (Å²) in [5, 5.41) is 10.1. The van der Waals surface area contributed by atoms with Crippen LogP contribution < -0.4 is 4.74 Å². The fourth-order valence-electron chi connectivity index (χ4n) is 1.99. The smallest absolute Gasteiger partial charge is 0.128 e. The van der Waals surface area contributed by atoms with Crippen LogP contribution in [0.1, 0.15) is 24.2 Å². The van der Waals surface area contributed by atoms with Crippen molar-refractivity contribution in [1.29, 1.82) is 0 Å². The fraction of sp³-hybridized carbons (Fsp3) is 0.294. The third kappa shape index (κ3) is 4.46. The lowest BCUT2D eigenvalue weighted by atomic mass is 10.1. The Labute approximate surface area is 130 Å². The molecule has 0 radical (unpaired) electrons. The maximum Gasteiger partial charge on any atom is 0.128 e. The normalized spacial score (nSPS) is 12.2. The van der Waals surface area contributed by atoms with E-state index in [4.69, 9.17) is 21.1 Å². The summed E-state index contributed by atoms with van der Waals surface area (Å²) in [5.41, 5.74) is 1.89. The second kappa shape index (κ2) is 7.46. The molecule has 2 aromatic rings. The van der Waals surface area contributed by atoms with E-state index in [1.807, 2.05) is 24.3 Å². The first-order valence-electron chi connectivity index (χ1n) is 6.83. The lowest BCUT2D eigenvalue weighted by Gasteiger charge is -2.11. The van der Waals surface area contributed by atoms with E-state index in [-0.39, 0.29) is 0 Å². The van der Waals surface area contributed by atoms with E-state index < -0.39 is 6.10 Å². The summed E-state index contributed by atoms with van der Waals surface area (Å²) in [6.07, 6.45) is 0.290. The predicted octanol–water partition coefficient (Wildman–Crippen LogP) is 4.37. The Morgan fingerprint density at radius 2 is 1.76 bits per heavy atom. The standard InChI is InChI=1S/C17H19ClO3/c1-12(19)16-8-7-15(11-17(16)18)21-14-5-3-13(4-6-14)9-10-20-2/h3-8,11-12,19H,9-10H2,1-2H3. The lowest BCUT2D eigenvalue weighted by Crippen LogP contribution is -1.95. The molecule has 0 fully saturated rings. The number of methoxy groups -OCH3 is 1. The van der Waals surface area contributed by atoms with Crippen molar-refractivity contribution in [3.8, 4) is 11.5 Å². The van der Waals surface area contributed by atoms with Gasteiger partial charge in [0, 0.05) is 7.11 Å². The van der Waals surface area contributed by atoms with Crippen molar-refractivity contribution in [2.24, 2.45) is 0 Å². The van der Waals surface area contributed by atoms with Crippen LogP contribution in [0.15, 0.2) is 42.5 Å². The van der Waals surface area contributed by atoms with E-state index in [2.05, 4.69) is 0 Å². The van der Waals surface area contributed by atoms with E-state index in [0.717, 1.165) is 12.2 Å². The highest BCUT2D eigenvalue weighted by Gasteiger charge is 2.08. The topological polar surface area (TPSA) is 38.7 Å². The molecule has 0 bridgehead atoms. The second-order valence-electron chi connectivity index (χ2n) is 4.85. The van der Waals surface area contributed by atoms with E-state index in [1.54, 1.807) is 32.2 Å². The SMILES string of the molecule is COCCc1ccc(Oc2ccc(C(C)O)c(Cl)c2)cc1. The van der Waals surface area contributed by atoms with Gasteiger partial charge in [0.15, 0.2) is 0 Å². The Balaban J connectivity index is 2.06. The van der Waals surface area contributed by atoms with Gasteiger partial charge in [-0.15, -0.1) is 0 Å². The molecule has 0 saturated heterocycles. The van der Waals surface area contributed by atoms with Gasteiger partial charge in [-0.25, -0.2) is 0 Å². The van der Waals surface area contributed by atoms with Crippen LogP contribution in [0.5, 0.6) is 11.5 Å².